The minimum atomic E-state index is -3.80. The number of sulfonamides is 1. The molecule has 112 valence electrons. The number of benzene rings is 1. The topological polar surface area (TPSA) is 89.3 Å². The highest BCUT2D eigenvalue weighted by Gasteiger charge is 2.26. The van der Waals surface area contributed by atoms with Gasteiger partial charge in [-0.1, -0.05) is 26.8 Å². The van der Waals surface area contributed by atoms with Crippen molar-refractivity contribution in [2.75, 3.05) is 0 Å². The van der Waals surface area contributed by atoms with Gasteiger partial charge in [0.15, 0.2) is 0 Å². The second-order valence-corrected chi connectivity index (χ2v) is 6.43. The minimum Gasteiger partial charge on any atom is -0.347 e. The maximum Gasteiger partial charge on any atom is 0.251 e. The van der Waals surface area contributed by atoms with Gasteiger partial charge in [0.25, 0.3) is 5.91 Å². The number of primary sulfonamides is 1. The molecule has 0 unspecified atom stereocenters. The van der Waals surface area contributed by atoms with E-state index in [9.17, 15) is 13.2 Å². The zero-order valence-corrected chi connectivity index (χ0v) is 13.0. The van der Waals surface area contributed by atoms with Crippen LogP contribution in [-0.2, 0) is 10.0 Å². The Morgan fingerprint density at radius 2 is 1.75 bits per heavy atom. The van der Waals surface area contributed by atoms with E-state index in [1.54, 1.807) is 6.07 Å². The summed E-state index contributed by atoms with van der Waals surface area (Å²) in [4.78, 5) is 12.2. The van der Waals surface area contributed by atoms with Crippen LogP contribution < -0.4 is 10.5 Å². The second kappa shape index (κ2) is 6.37. The number of hydrogen-bond acceptors (Lipinski definition) is 3. The first-order valence-electron chi connectivity index (χ1n) is 6.73. The van der Waals surface area contributed by atoms with Gasteiger partial charge >= 0.3 is 0 Å². The lowest BCUT2D eigenvalue weighted by molar-refractivity contribution is 0.0888. The lowest BCUT2D eigenvalue weighted by Crippen LogP contribution is -2.47. The van der Waals surface area contributed by atoms with Gasteiger partial charge in [-0.3, -0.25) is 4.79 Å². The number of rotatable bonds is 6. The Balaban J connectivity index is 3.05. The molecule has 0 saturated carbocycles. The van der Waals surface area contributed by atoms with Crippen LogP contribution in [0.15, 0.2) is 29.2 Å². The first kappa shape index (κ1) is 16.7. The van der Waals surface area contributed by atoms with E-state index in [-0.39, 0.29) is 16.3 Å². The van der Waals surface area contributed by atoms with Crippen molar-refractivity contribution < 1.29 is 13.2 Å². The van der Waals surface area contributed by atoms with E-state index in [4.69, 9.17) is 5.14 Å². The van der Waals surface area contributed by atoms with E-state index >= 15 is 0 Å². The first-order valence-corrected chi connectivity index (χ1v) is 8.28. The number of carbonyl (C=O) groups excluding carboxylic acids is 1. The Morgan fingerprint density at radius 3 is 2.20 bits per heavy atom. The molecule has 1 aromatic carbocycles. The van der Waals surface area contributed by atoms with Crippen LogP contribution in [0.3, 0.4) is 0 Å². The van der Waals surface area contributed by atoms with Gasteiger partial charge in [0.1, 0.15) is 0 Å². The van der Waals surface area contributed by atoms with Gasteiger partial charge in [-0.05, 0) is 37.5 Å². The smallest absolute Gasteiger partial charge is 0.251 e. The van der Waals surface area contributed by atoms with Crippen LogP contribution in [0.4, 0.5) is 0 Å². The highest BCUT2D eigenvalue weighted by atomic mass is 32.2. The van der Waals surface area contributed by atoms with Gasteiger partial charge in [0.2, 0.25) is 10.0 Å². The highest BCUT2D eigenvalue weighted by Crippen LogP contribution is 2.20. The molecule has 1 aromatic rings. The van der Waals surface area contributed by atoms with Gasteiger partial charge in [0, 0.05) is 11.1 Å². The van der Waals surface area contributed by atoms with Crippen molar-refractivity contribution in [2.45, 2.75) is 50.5 Å². The molecule has 0 aromatic heterocycles. The number of hydrogen-bond donors (Lipinski definition) is 2. The molecule has 3 N–H and O–H groups in total. The molecular weight excluding hydrogens is 276 g/mol. The Bertz CT molecular complexity index is 570. The first-order chi connectivity index (χ1) is 9.28. The lowest BCUT2D eigenvalue weighted by Gasteiger charge is -2.31. The molecule has 0 aliphatic carbocycles. The summed E-state index contributed by atoms with van der Waals surface area (Å²) in [6.45, 7) is 6.07. The van der Waals surface area contributed by atoms with Crippen molar-refractivity contribution in [3.8, 4) is 0 Å². The third kappa shape index (κ3) is 3.80. The summed E-state index contributed by atoms with van der Waals surface area (Å²) in [6.07, 6.45) is 2.46. The SMILES string of the molecule is CCC(CC)(CC)NC(=O)c1cccc(S(N)(=O)=O)c1. The summed E-state index contributed by atoms with van der Waals surface area (Å²) in [6, 6.07) is 5.77. The monoisotopic (exact) mass is 298 g/mol. The van der Waals surface area contributed by atoms with Crippen molar-refractivity contribution in [2.24, 2.45) is 5.14 Å². The molecule has 0 saturated heterocycles. The van der Waals surface area contributed by atoms with Gasteiger partial charge in [-0.25, -0.2) is 13.6 Å². The molecule has 1 amide bonds. The standard InChI is InChI=1S/C14H22N2O3S/c1-4-14(5-2,6-3)16-13(17)11-8-7-9-12(10-11)20(15,18)19/h7-10H,4-6H2,1-3H3,(H,16,17)(H2,15,18,19). The predicted molar refractivity (Wildman–Crippen MR) is 78.9 cm³/mol. The fourth-order valence-electron chi connectivity index (χ4n) is 2.14. The Hall–Kier alpha value is -1.40. The Kier molecular flexibility index (Phi) is 5.30. The molecule has 0 heterocycles. The van der Waals surface area contributed by atoms with Crippen molar-refractivity contribution in [1.82, 2.24) is 5.32 Å². The summed E-state index contributed by atoms with van der Waals surface area (Å²) in [5, 5.41) is 8.07. The van der Waals surface area contributed by atoms with E-state index in [0.29, 0.717) is 5.56 Å². The quantitative estimate of drug-likeness (QED) is 0.842. The molecule has 6 heteroatoms. The van der Waals surface area contributed by atoms with E-state index < -0.39 is 10.0 Å². The van der Waals surface area contributed by atoms with Crippen LogP contribution in [0.25, 0.3) is 0 Å². The second-order valence-electron chi connectivity index (χ2n) is 4.87. The van der Waals surface area contributed by atoms with E-state index in [0.717, 1.165) is 19.3 Å². The van der Waals surface area contributed by atoms with E-state index in [1.165, 1.54) is 18.2 Å². The van der Waals surface area contributed by atoms with Gasteiger partial charge in [-0.15, -0.1) is 0 Å². The summed E-state index contributed by atoms with van der Waals surface area (Å²) in [7, 11) is -3.80. The van der Waals surface area contributed by atoms with Gasteiger partial charge < -0.3 is 5.32 Å². The fraction of sp³-hybridized carbons (Fsp3) is 0.500. The fourth-order valence-corrected chi connectivity index (χ4v) is 2.70. The van der Waals surface area contributed by atoms with Crippen LogP contribution in [0.1, 0.15) is 50.4 Å². The van der Waals surface area contributed by atoms with E-state index in [1.807, 2.05) is 20.8 Å². The van der Waals surface area contributed by atoms with Crippen LogP contribution in [-0.4, -0.2) is 19.9 Å². The lowest BCUT2D eigenvalue weighted by atomic mass is 9.89. The third-order valence-corrected chi connectivity index (χ3v) is 4.74. The highest BCUT2D eigenvalue weighted by molar-refractivity contribution is 7.89. The molecule has 0 radical (unpaired) electrons. The van der Waals surface area contributed by atoms with Crippen LogP contribution in [0.2, 0.25) is 0 Å². The Labute approximate surface area is 120 Å². The summed E-state index contributed by atoms with van der Waals surface area (Å²) in [5.41, 5.74) is 0.0468. The minimum absolute atomic E-state index is 0.0553. The zero-order chi connectivity index (χ0) is 15.4. The van der Waals surface area contributed by atoms with Crippen molar-refractivity contribution in [3.63, 3.8) is 0 Å². The summed E-state index contributed by atoms with van der Waals surface area (Å²) < 4.78 is 22.6. The number of carbonyl (C=O) groups is 1. The predicted octanol–water partition coefficient (Wildman–Crippen LogP) is 2.03. The average Bonchev–Trinajstić information content (AvgIpc) is 2.44. The molecule has 0 spiro atoms. The van der Waals surface area contributed by atoms with Gasteiger partial charge in [-0.2, -0.15) is 0 Å². The molecule has 0 aliphatic rings. The average molecular weight is 298 g/mol. The zero-order valence-electron chi connectivity index (χ0n) is 12.1. The molecule has 0 aliphatic heterocycles. The molecule has 5 nitrogen and oxygen atoms in total. The van der Waals surface area contributed by atoms with Crippen LogP contribution in [0, 0.1) is 0 Å². The molecule has 1 rings (SSSR count). The van der Waals surface area contributed by atoms with Gasteiger partial charge in [0.05, 0.1) is 4.90 Å². The largest absolute Gasteiger partial charge is 0.347 e. The molecule has 0 fully saturated rings. The Morgan fingerprint density at radius 1 is 1.20 bits per heavy atom. The summed E-state index contributed by atoms with van der Waals surface area (Å²) >= 11 is 0. The van der Waals surface area contributed by atoms with Crippen LogP contribution >= 0.6 is 0 Å². The van der Waals surface area contributed by atoms with Crippen molar-refractivity contribution in [3.05, 3.63) is 29.8 Å². The maximum absolute atomic E-state index is 12.3. The molecule has 20 heavy (non-hydrogen) atoms. The number of nitrogens with two attached hydrogens (primary N) is 1. The number of amides is 1. The molecular formula is C14H22N2O3S. The third-order valence-electron chi connectivity index (χ3n) is 3.83. The van der Waals surface area contributed by atoms with Crippen molar-refractivity contribution >= 4 is 15.9 Å². The van der Waals surface area contributed by atoms with E-state index in [2.05, 4.69) is 5.32 Å². The molecule has 0 atom stereocenters. The maximum atomic E-state index is 12.3. The van der Waals surface area contributed by atoms with Crippen LogP contribution in [0.5, 0.6) is 0 Å². The molecule has 0 bridgehead atoms. The normalized spacial score (nSPS) is 12.2. The van der Waals surface area contributed by atoms with Crippen molar-refractivity contribution in [1.29, 1.82) is 0 Å². The number of nitrogens with one attached hydrogen (secondary N) is 1. The summed E-state index contributed by atoms with van der Waals surface area (Å²) in [5.74, 6) is -0.277.